The normalized spacial score (nSPS) is 11.9. The molecule has 78 valence electrons. The predicted octanol–water partition coefficient (Wildman–Crippen LogP) is 4.50. The lowest BCUT2D eigenvalue weighted by atomic mass is 10.1. The van der Waals surface area contributed by atoms with E-state index in [1.54, 1.807) is 0 Å². The van der Waals surface area contributed by atoms with Crippen molar-refractivity contribution in [2.24, 2.45) is 0 Å². The summed E-state index contributed by atoms with van der Waals surface area (Å²) in [5.74, 6) is 0. The summed E-state index contributed by atoms with van der Waals surface area (Å²) in [6.45, 7) is 13.3. The fourth-order valence-corrected chi connectivity index (χ4v) is 2.49. The molecule has 0 bridgehead atoms. The van der Waals surface area contributed by atoms with Gasteiger partial charge in [-0.15, -0.1) is 11.8 Å². The molecule has 0 saturated heterocycles. The highest BCUT2D eigenvalue weighted by Crippen LogP contribution is 2.35. The molecule has 0 aliphatic carbocycles. The lowest BCUT2D eigenvalue weighted by Gasteiger charge is -2.20. The average Bonchev–Trinajstić information content (AvgIpc) is 1.97. The second-order valence-corrected chi connectivity index (χ2v) is 6.79. The number of benzene rings is 1. The molecule has 1 aromatic rings. The Morgan fingerprint density at radius 3 is 1.86 bits per heavy atom. The Balaban J connectivity index is 3.04. The number of aryl methyl sites for hydroxylation is 3. The van der Waals surface area contributed by atoms with E-state index in [0.717, 1.165) is 0 Å². The van der Waals surface area contributed by atoms with E-state index in [1.165, 1.54) is 21.6 Å². The van der Waals surface area contributed by atoms with Gasteiger partial charge in [0.1, 0.15) is 0 Å². The Labute approximate surface area is 92.1 Å². The zero-order valence-electron chi connectivity index (χ0n) is 10.1. The molecule has 0 saturated carbocycles. The van der Waals surface area contributed by atoms with E-state index >= 15 is 0 Å². The third-order valence-electron chi connectivity index (χ3n) is 2.21. The third-order valence-corrected chi connectivity index (χ3v) is 3.48. The van der Waals surface area contributed by atoms with Crippen molar-refractivity contribution in [3.05, 3.63) is 28.8 Å². The van der Waals surface area contributed by atoms with Gasteiger partial charge in [0.2, 0.25) is 0 Å². The van der Waals surface area contributed by atoms with Gasteiger partial charge >= 0.3 is 0 Å². The molecule has 0 N–H and O–H groups in total. The van der Waals surface area contributed by atoms with Crippen molar-refractivity contribution < 1.29 is 0 Å². The van der Waals surface area contributed by atoms with Gasteiger partial charge in [0.05, 0.1) is 0 Å². The van der Waals surface area contributed by atoms with Crippen molar-refractivity contribution in [2.75, 3.05) is 0 Å². The number of hydrogen-bond acceptors (Lipinski definition) is 1. The van der Waals surface area contributed by atoms with Crippen molar-refractivity contribution in [1.29, 1.82) is 0 Å². The Kier molecular flexibility index (Phi) is 3.31. The SMILES string of the molecule is Cc1cc(C)c(SC(C)(C)C)cc1C. The second kappa shape index (κ2) is 3.98. The van der Waals surface area contributed by atoms with Gasteiger partial charge in [0.15, 0.2) is 0 Å². The van der Waals surface area contributed by atoms with Crippen LogP contribution in [0.4, 0.5) is 0 Å². The Morgan fingerprint density at radius 2 is 1.36 bits per heavy atom. The van der Waals surface area contributed by atoms with Crippen LogP contribution in [-0.4, -0.2) is 4.75 Å². The molecule has 1 rings (SSSR count). The molecule has 0 aliphatic rings. The topological polar surface area (TPSA) is 0 Å². The highest BCUT2D eigenvalue weighted by molar-refractivity contribution is 8.00. The molecule has 0 nitrogen and oxygen atoms in total. The maximum Gasteiger partial charge on any atom is 0.0122 e. The van der Waals surface area contributed by atoms with Crippen LogP contribution in [0.5, 0.6) is 0 Å². The average molecular weight is 208 g/mol. The van der Waals surface area contributed by atoms with Crippen molar-refractivity contribution in [2.45, 2.75) is 51.2 Å². The van der Waals surface area contributed by atoms with Gasteiger partial charge in [-0.25, -0.2) is 0 Å². The van der Waals surface area contributed by atoms with Crippen LogP contribution >= 0.6 is 11.8 Å². The first-order chi connectivity index (χ1) is 6.29. The Bertz CT molecular complexity index is 332. The summed E-state index contributed by atoms with van der Waals surface area (Å²) >= 11 is 1.95. The van der Waals surface area contributed by atoms with E-state index in [9.17, 15) is 0 Å². The molecule has 0 amide bonds. The van der Waals surface area contributed by atoms with Crippen LogP contribution < -0.4 is 0 Å². The lowest BCUT2D eigenvalue weighted by molar-refractivity contribution is 0.802. The minimum atomic E-state index is 0.298. The first-order valence-corrected chi connectivity index (χ1v) is 5.88. The fraction of sp³-hybridized carbons (Fsp3) is 0.538. The molecule has 0 atom stereocenters. The van der Waals surface area contributed by atoms with E-state index < -0.39 is 0 Å². The third kappa shape index (κ3) is 3.06. The maximum atomic E-state index is 2.31. The number of thioether (sulfide) groups is 1. The van der Waals surface area contributed by atoms with Gasteiger partial charge < -0.3 is 0 Å². The van der Waals surface area contributed by atoms with Gasteiger partial charge in [-0.05, 0) is 43.5 Å². The largest absolute Gasteiger partial charge is 0.120 e. The van der Waals surface area contributed by atoms with Gasteiger partial charge in [0, 0.05) is 9.64 Å². The van der Waals surface area contributed by atoms with Gasteiger partial charge in [-0.1, -0.05) is 26.8 Å². The van der Waals surface area contributed by atoms with Crippen LogP contribution in [0, 0.1) is 20.8 Å². The zero-order valence-corrected chi connectivity index (χ0v) is 10.9. The monoisotopic (exact) mass is 208 g/mol. The molecular formula is C13H20S. The molecule has 14 heavy (non-hydrogen) atoms. The molecule has 1 heteroatoms. The molecule has 0 fully saturated rings. The van der Waals surface area contributed by atoms with Crippen LogP contribution in [0.25, 0.3) is 0 Å². The van der Waals surface area contributed by atoms with Gasteiger partial charge in [0.25, 0.3) is 0 Å². The summed E-state index contributed by atoms with van der Waals surface area (Å²) in [4.78, 5) is 1.42. The Hall–Kier alpha value is -0.430. The van der Waals surface area contributed by atoms with E-state index in [1.807, 2.05) is 11.8 Å². The molecule has 0 heterocycles. The van der Waals surface area contributed by atoms with Gasteiger partial charge in [-0.2, -0.15) is 0 Å². The summed E-state index contributed by atoms with van der Waals surface area (Å²) in [7, 11) is 0. The molecule has 0 radical (unpaired) electrons. The highest BCUT2D eigenvalue weighted by Gasteiger charge is 2.14. The van der Waals surface area contributed by atoms with Crippen LogP contribution in [0.3, 0.4) is 0 Å². The highest BCUT2D eigenvalue weighted by atomic mass is 32.2. The summed E-state index contributed by atoms with van der Waals surface area (Å²) in [6, 6.07) is 4.59. The molecule has 0 spiro atoms. The van der Waals surface area contributed by atoms with E-state index in [0.29, 0.717) is 4.75 Å². The molecular weight excluding hydrogens is 188 g/mol. The zero-order chi connectivity index (χ0) is 10.9. The summed E-state index contributed by atoms with van der Waals surface area (Å²) in [6.07, 6.45) is 0. The minimum absolute atomic E-state index is 0.298. The first kappa shape index (κ1) is 11.6. The van der Waals surface area contributed by atoms with Crippen LogP contribution in [0.15, 0.2) is 17.0 Å². The van der Waals surface area contributed by atoms with E-state index in [-0.39, 0.29) is 0 Å². The summed E-state index contributed by atoms with van der Waals surface area (Å²) in [5.41, 5.74) is 4.18. The summed E-state index contributed by atoms with van der Waals surface area (Å²) in [5, 5.41) is 0. The van der Waals surface area contributed by atoms with Crippen molar-refractivity contribution >= 4 is 11.8 Å². The lowest BCUT2D eigenvalue weighted by Crippen LogP contribution is -2.07. The predicted molar refractivity (Wildman–Crippen MR) is 66.3 cm³/mol. The van der Waals surface area contributed by atoms with Crippen molar-refractivity contribution in [1.82, 2.24) is 0 Å². The number of rotatable bonds is 1. The standard InChI is InChI=1S/C13H20S/c1-9-7-11(3)12(8-10(9)2)14-13(4,5)6/h7-8H,1-6H3. The van der Waals surface area contributed by atoms with Crippen LogP contribution in [0.2, 0.25) is 0 Å². The van der Waals surface area contributed by atoms with E-state index in [4.69, 9.17) is 0 Å². The Morgan fingerprint density at radius 1 is 0.857 bits per heavy atom. The molecule has 0 unspecified atom stereocenters. The first-order valence-electron chi connectivity index (χ1n) is 5.06. The molecule has 0 aromatic heterocycles. The van der Waals surface area contributed by atoms with E-state index in [2.05, 4.69) is 53.7 Å². The van der Waals surface area contributed by atoms with Crippen LogP contribution in [0.1, 0.15) is 37.5 Å². The van der Waals surface area contributed by atoms with Crippen molar-refractivity contribution in [3.63, 3.8) is 0 Å². The second-order valence-electron chi connectivity index (χ2n) is 4.92. The van der Waals surface area contributed by atoms with Crippen LogP contribution in [-0.2, 0) is 0 Å². The van der Waals surface area contributed by atoms with Crippen molar-refractivity contribution in [3.8, 4) is 0 Å². The summed E-state index contributed by atoms with van der Waals surface area (Å²) < 4.78 is 0.298. The number of hydrogen-bond donors (Lipinski definition) is 0. The smallest absolute Gasteiger partial charge is 0.0122 e. The molecule has 0 aliphatic heterocycles. The molecule has 1 aromatic carbocycles. The minimum Gasteiger partial charge on any atom is -0.120 e. The van der Waals surface area contributed by atoms with Gasteiger partial charge in [-0.3, -0.25) is 0 Å². The fourth-order valence-electron chi connectivity index (χ4n) is 1.37. The maximum absolute atomic E-state index is 2.31. The quantitative estimate of drug-likeness (QED) is 0.612.